The lowest BCUT2D eigenvalue weighted by atomic mass is 10.1. The molecule has 1 saturated heterocycles. The van der Waals surface area contributed by atoms with Crippen LogP contribution in [0.3, 0.4) is 0 Å². The van der Waals surface area contributed by atoms with Gasteiger partial charge in [0.1, 0.15) is 5.15 Å². The minimum atomic E-state index is -0.243. The second-order valence-electron chi connectivity index (χ2n) is 6.98. The Hall–Kier alpha value is -1.62. The topological polar surface area (TPSA) is 34.0 Å². The van der Waals surface area contributed by atoms with Crippen LogP contribution in [0.1, 0.15) is 49.6 Å². The van der Waals surface area contributed by atoms with Gasteiger partial charge in [-0.1, -0.05) is 25.4 Å². The van der Waals surface area contributed by atoms with Crippen molar-refractivity contribution in [3.05, 3.63) is 40.1 Å². The second-order valence-corrected chi connectivity index (χ2v) is 7.34. The third kappa shape index (κ3) is 3.02. The van der Waals surface area contributed by atoms with E-state index in [0.717, 1.165) is 37.2 Å². The molecule has 0 bridgehead atoms. The van der Waals surface area contributed by atoms with Crippen LogP contribution >= 0.6 is 11.6 Å². The summed E-state index contributed by atoms with van der Waals surface area (Å²) in [6.45, 7) is 9.59. The molecule has 0 saturated carbocycles. The van der Waals surface area contributed by atoms with E-state index < -0.39 is 0 Å². The van der Waals surface area contributed by atoms with Gasteiger partial charge in [0.15, 0.2) is 11.6 Å². The van der Waals surface area contributed by atoms with Crippen LogP contribution in [0.15, 0.2) is 12.3 Å². The van der Waals surface area contributed by atoms with Gasteiger partial charge in [-0.25, -0.2) is 9.37 Å². The third-order valence-corrected chi connectivity index (χ3v) is 4.97. The summed E-state index contributed by atoms with van der Waals surface area (Å²) in [5.41, 5.74) is 2.55. The normalized spacial score (nSPS) is 18.0. The third-order valence-electron chi connectivity index (χ3n) is 4.57. The molecule has 0 N–H and O–H groups in total. The number of halogens is 2. The zero-order valence-corrected chi connectivity index (χ0v) is 15.4. The molecule has 6 heteroatoms. The SMILES string of the molecule is Cc1ccnc(N2CCCC2c2c(C)nn(CC(C)C)c2Cl)c1F. The lowest BCUT2D eigenvalue weighted by molar-refractivity contribution is 0.481. The van der Waals surface area contributed by atoms with E-state index in [2.05, 4.69) is 23.9 Å². The van der Waals surface area contributed by atoms with Gasteiger partial charge in [0.05, 0.1) is 11.7 Å². The zero-order chi connectivity index (χ0) is 17.4. The summed E-state index contributed by atoms with van der Waals surface area (Å²) in [7, 11) is 0. The van der Waals surface area contributed by atoms with Crippen LogP contribution in [0.5, 0.6) is 0 Å². The first-order valence-electron chi connectivity index (χ1n) is 8.50. The summed E-state index contributed by atoms with van der Waals surface area (Å²) < 4.78 is 16.4. The Labute approximate surface area is 147 Å². The Morgan fingerprint density at radius 1 is 1.38 bits per heavy atom. The van der Waals surface area contributed by atoms with Crippen LogP contribution < -0.4 is 4.90 Å². The van der Waals surface area contributed by atoms with Crippen LogP contribution in [-0.2, 0) is 6.54 Å². The Balaban J connectivity index is 2.00. The maximum atomic E-state index is 14.6. The van der Waals surface area contributed by atoms with Crippen molar-refractivity contribution in [2.45, 2.75) is 53.1 Å². The van der Waals surface area contributed by atoms with E-state index >= 15 is 0 Å². The average Bonchev–Trinajstić information content (AvgIpc) is 3.07. The molecule has 130 valence electrons. The largest absolute Gasteiger partial charge is 0.347 e. The first kappa shape index (κ1) is 17.2. The first-order chi connectivity index (χ1) is 11.4. The Kier molecular flexibility index (Phi) is 4.81. The minimum Gasteiger partial charge on any atom is -0.347 e. The number of pyridine rings is 1. The predicted molar refractivity (Wildman–Crippen MR) is 95.1 cm³/mol. The van der Waals surface area contributed by atoms with Gasteiger partial charge in [0, 0.05) is 24.8 Å². The summed E-state index contributed by atoms with van der Waals surface area (Å²) in [5, 5.41) is 5.28. The Morgan fingerprint density at radius 3 is 2.83 bits per heavy atom. The molecule has 1 aliphatic rings. The average molecular weight is 351 g/mol. The molecule has 3 heterocycles. The lowest BCUT2D eigenvalue weighted by Gasteiger charge is -2.26. The number of aromatic nitrogens is 3. The van der Waals surface area contributed by atoms with Gasteiger partial charge < -0.3 is 4.90 Å². The number of nitrogens with zero attached hydrogens (tertiary/aromatic N) is 4. The van der Waals surface area contributed by atoms with E-state index in [9.17, 15) is 4.39 Å². The molecular weight excluding hydrogens is 327 g/mol. The van der Waals surface area contributed by atoms with Crippen LogP contribution in [0.2, 0.25) is 5.15 Å². The van der Waals surface area contributed by atoms with Gasteiger partial charge >= 0.3 is 0 Å². The molecule has 4 nitrogen and oxygen atoms in total. The first-order valence-corrected chi connectivity index (χ1v) is 8.88. The van der Waals surface area contributed by atoms with Gasteiger partial charge in [-0.15, -0.1) is 0 Å². The quantitative estimate of drug-likeness (QED) is 0.802. The molecule has 24 heavy (non-hydrogen) atoms. The lowest BCUT2D eigenvalue weighted by Crippen LogP contribution is -2.25. The number of anilines is 1. The van der Waals surface area contributed by atoms with Crippen molar-refractivity contribution in [3.8, 4) is 0 Å². The molecule has 0 radical (unpaired) electrons. The van der Waals surface area contributed by atoms with Gasteiger partial charge in [-0.2, -0.15) is 5.10 Å². The molecular formula is C18H24ClFN4. The second kappa shape index (κ2) is 6.71. The van der Waals surface area contributed by atoms with Crippen molar-refractivity contribution in [1.29, 1.82) is 0 Å². The van der Waals surface area contributed by atoms with Crippen molar-refractivity contribution in [2.75, 3.05) is 11.4 Å². The summed E-state index contributed by atoms with van der Waals surface area (Å²) in [6, 6.07) is 1.73. The standard InChI is InChI=1S/C18H24ClFN4/c1-11(2)10-24-17(19)15(13(4)22-24)14-6-5-9-23(14)18-16(20)12(3)7-8-21-18/h7-8,11,14H,5-6,9-10H2,1-4H3. The highest BCUT2D eigenvalue weighted by Crippen LogP contribution is 2.40. The van der Waals surface area contributed by atoms with E-state index in [0.29, 0.717) is 22.5 Å². The van der Waals surface area contributed by atoms with Gasteiger partial charge in [0.2, 0.25) is 0 Å². The van der Waals surface area contributed by atoms with Gasteiger partial charge in [-0.05, 0) is 44.2 Å². The molecule has 1 aliphatic heterocycles. The number of aryl methyl sites for hydroxylation is 2. The molecule has 2 aromatic heterocycles. The highest BCUT2D eigenvalue weighted by Gasteiger charge is 2.33. The van der Waals surface area contributed by atoms with Gasteiger partial charge in [-0.3, -0.25) is 4.68 Å². The summed E-state index contributed by atoms with van der Waals surface area (Å²) >= 11 is 6.64. The highest BCUT2D eigenvalue weighted by atomic mass is 35.5. The molecule has 1 unspecified atom stereocenters. The number of rotatable bonds is 4. The van der Waals surface area contributed by atoms with E-state index in [1.165, 1.54) is 0 Å². The van der Waals surface area contributed by atoms with Crippen LogP contribution in [-0.4, -0.2) is 21.3 Å². The molecule has 2 aromatic rings. The minimum absolute atomic E-state index is 0.0298. The van der Waals surface area contributed by atoms with Crippen LogP contribution in [0.25, 0.3) is 0 Å². The Morgan fingerprint density at radius 2 is 2.12 bits per heavy atom. The van der Waals surface area contributed by atoms with E-state index in [1.807, 2.05) is 16.5 Å². The number of hydrogen-bond acceptors (Lipinski definition) is 3. The molecule has 1 atom stereocenters. The van der Waals surface area contributed by atoms with E-state index in [-0.39, 0.29) is 11.9 Å². The number of hydrogen-bond donors (Lipinski definition) is 0. The van der Waals surface area contributed by atoms with Gasteiger partial charge in [0.25, 0.3) is 0 Å². The zero-order valence-electron chi connectivity index (χ0n) is 14.7. The van der Waals surface area contributed by atoms with Crippen LogP contribution in [0, 0.1) is 25.6 Å². The molecule has 3 rings (SSSR count). The molecule has 0 spiro atoms. The summed E-state index contributed by atoms with van der Waals surface area (Å²) in [5.74, 6) is 0.641. The van der Waals surface area contributed by atoms with Crippen molar-refractivity contribution in [2.24, 2.45) is 5.92 Å². The van der Waals surface area contributed by atoms with Crippen molar-refractivity contribution < 1.29 is 4.39 Å². The highest BCUT2D eigenvalue weighted by molar-refractivity contribution is 6.30. The monoisotopic (exact) mass is 350 g/mol. The Bertz CT molecular complexity index is 741. The van der Waals surface area contributed by atoms with Crippen molar-refractivity contribution in [3.63, 3.8) is 0 Å². The summed E-state index contributed by atoms with van der Waals surface area (Å²) in [4.78, 5) is 6.33. The summed E-state index contributed by atoms with van der Waals surface area (Å²) in [6.07, 6.45) is 3.59. The van der Waals surface area contributed by atoms with E-state index in [4.69, 9.17) is 11.6 Å². The fraction of sp³-hybridized carbons (Fsp3) is 0.556. The molecule has 1 fully saturated rings. The fourth-order valence-electron chi connectivity index (χ4n) is 3.46. The molecule has 0 amide bonds. The maximum absolute atomic E-state index is 14.6. The van der Waals surface area contributed by atoms with Crippen molar-refractivity contribution >= 4 is 17.4 Å². The fourth-order valence-corrected chi connectivity index (χ4v) is 3.83. The van der Waals surface area contributed by atoms with E-state index in [1.54, 1.807) is 19.2 Å². The van der Waals surface area contributed by atoms with Crippen molar-refractivity contribution in [1.82, 2.24) is 14.8 Å². The maximum Gasteiger partial charge on any atom is 0.168 e. The smallest absolute Gasteiger partial charge is 0.168 e. The molecule has 0 aromatic carbocycles. The van der Waals surface area contributed by atoms with Crippen LogP contribution in [0.4, 0.5) is 10.2 Å². The molecule has 0 aliphatic carbocycles. The predicted octanol–water partition coefficient (Wildman–Crippen LogP) is 4.68.